The Morgan fingerprint density at radius 2 is 2.32 bits per heavy atom. The smallest absolute Gasteiger partial charge is 0.354 e. The number of carbonyl (C=O) groups is 2. The molecular weight excluding hydrogens is 304 g/mol. The van der Waals surface area contributed by atoms with Gasteiger partial charge in [0.1, 0.15) is 5.69 Å². The number of nitrogens with two attached hydrogens (primary N) is 1. The van der Waals surface area contributed by atoms with E-state index in [-0.39, 0.29) is 5.91 Å². The van der Waals surface area contributed by atoms with Gasteiger partial charge in [0.25, 0.3) is 0 Å². The third kappa shape index (κ3) is 3.71. The number of methoxy groups -OCH3 is 1. The molecule has 0 aliphatic carbocycles. The summed E-state index contributed by atoms with van der Waals surface area (Å²) in [5, 5.41) is 4.97. The van der Waals surface area contributed by atoms with Crippen molar-refractivity contribution in [3.05, 3.63) is 23.3 Å². The summed E-state index contributed by atoms with van der Waals surface area (Å²) in [6.45, 7) is 1.97. The Kier molecular flexibility index (Phi) is 5.29. The molecule has 4 N–H and O–H groups in total. The van der Waals surface area contributed by atoms with Crippen molar-refractivity contribution < 1.29 is 14.3 Å². The van der Waals surface area contributed by atoms with Gasteiger partial charge in [0, 0.05) is 17.1 Å². The van der Waals surface area contributed by atoms with Crippen molar-refractivity contribution >= 4 is 28.3 Å². The molecule has 0 aliphatic rings. The van der Waals surface area contributed by atoms with E-state index in [2.05, 4.69) is 20.0 Å². The molecule has 0 bridgehead atoms. The van der Waals surface area contributed by atoms with E-state index < -0.39 is 12.0 Å². The van der Waals surface area contributed by atoms with Crippen molar-refractivity contribution in [3.8, 4) is 11.3 Å². The number of hydrogen-bond donors (Lipinski definition) is 3. The zero-order valence-electron chi connectivity index (χ0n) is 12.4. The van der Waals surface area contributed by atoms with Crippen LogP contribution in [0.25, 0.3) is 11.3 Å². The Balaban J connectivity index is 2.06. The van der Waals surface area contributed by atoms with Gasteiger partial charge < -0.3 is 20.8 Å². The molecule has 2 heterocycles. The first kappa shape index (κ1) is 16.2. The van der Waals surface area contributed by atoms with E-state index in [1.54, 1.807) is 17.6 Å². The number of carbonyl (C=O) groups excluding carboxylic acids is 2. The van der Waals surface area contributed by atoms with Crippen molar-refractivity contribution in [1.82, 2.24) is 9.97 Å². The second-order valence-electron chi connectivity index (χ2n) is 4.72. The first-order valence-corrected chi connectivity index (χ1v) is 7.72. The molecule has 1 unspecified atom stereocenters. The summed E-state index contributed by atoms with van der Waals surface area (Å²) in [5.74, 6) is -0.687. The van der Waals surface area contributed by atoms with E-state index in [1.165, 1.54) is 18.4 Å². The average molecular weight is 322 g/mol. The number of thiazole rings is 1. The highest BCUT2D eigenvalue weighted by Gasteiger charge is 2.15. The lowest BCUT2D eigenvalue weighted by molar-refractivity contribution is -0.117. The van der Waals surface area contributed by atoms with Gasteiger partial charge in [0.15, 0.2) is 5.13 Å². The summed E-state index contributed by atoms with van der Waals surface area (Å²) < 4.78 is 4.63. The molecule has 0 aliphatic heterocycles. The molecule has 22 heavy (non-hydrogen) atoms. The molecule has 118 valence electrons. The van der Waals surface area contributed by atoms with Crippen LogP contribution in [-0.2, 0) is 9.53 Å². The van der Waals surface area contributed by atoms with Crippen molar-refractivity contribution in [3.63, 3.8) is 0 Å². The molecule has 1 atom stereocenters. The molecule has 8 heteroatoms. The SMILES string of the molecule is CCCC(N)C(=O)Nc1nc(-c2c[nH]c(C(=O)OC)c2)cs1. The molecule has 0 aromatic carbocycles. The molecule has 0 spiro atoms. The van der Waals surface area contributed by atoms with Gasteiger partial charge in [-0.1, -0.05) is 13.3 Å². The Morgan fingerprint density at radius 1 is 1.55 bits per heavy atom. The fraction of sp³-hybridized carbons (Fsp3) is 0.357. The molecule has 1 amide bonds. The average Bonchev–Trinajstić information content (AvgIpc) is 3.15. The van der Waals surface area contributed by atoms with Crippen LogP contribution in [0.15, 0.2) is 17.6 Å². The van der Waals surface area contributed by atoms with Crippen LogP contribution < -0.4 is 11.1 Å². The second kappa shape index (κ2) is 7.19. The highest BCUT2D eigenvalue weighted by Crippen LogP contribution is 2.25. The Labute approximate surface area is 131 Å². The zero-order chi connectivity index (χ0) is 16.1. The fourth-order valence-corrected chi connectivity index (χ4v) is 2.60. The summed E-state index contributed by atoms with van der Waals surface area (Å²) >= 11 is 1.30. The minimum absolute atomic E-state index is 0.243. The predicted molar refractivity (Wildman–Crippen MR) is 84.8 cm³/mol. The third-order valence-electron chi connectivity index (χ3n) is 3.05. The number of H-pyrrole nitrogens is 1. The molecule has 0 saturated carbocycles. The quantitative estimate of drug-likeness (QED) is 0.704. The molecular formula is C14H18N4O3S. The van der Waals surface area contributed by atoms with Crippen LogP contribution in [0.3, 0.4) is 0 Å². The van der Waals surface area contributed by atoms with Crippen LogP contribution in [0.4, 0.5) is 5.13 Å². The van der Waals surface area contributed by atoms with Gasteiger partial charge in [-0.2, -0.15) is 0 Å². The molecule has 2 rings (SSSR count). The van der Waals surface area contributed by atoms with Crippen LogP contribution in [0.1, 0.15) is 30.3 Å². The van der Waals surface area contributed by atoms with Gasteiger partial charge in [0.05, 0.1) is 18.8 Å². The maximum absolute atomic E-state index is 11.8. The number of aromatic nitrogens is 2. The number of hydrogen-bond acceptors (Lipinski definition) is 6. The van der Waals surface area contributed by atoms with Crippen LogP contribution in [-0.4, -0.2) is 35.0 Å². The number of nitrogens with one attached hydrogen (secondary N) is 2. The highest BCUT2D eigenvalue weighted by molar-refractivity contribution is 7.14. The molecule has 0 radical (unpaired) electrons. The van der Waals surface area contributed by atoms with E-state index in [4.69, 9.17) is 5.73 Å². The topological polar surface area (TPSA) is 110 Å². The monoisotopic (exact) mass is 322 g/mol. The van der Waals surface area contributed by atoms with Gasteiger partial charge in [0.2, 0.25) is 5.91 Å². The molecule has 0 saturated heterocycles. The van der Waals surface area contributed by atoms with Crippen LogP contribution in [0.2, 0.25) is 0 Å². The van der Waals surface area contributed by atoms with Gasteiger partial charge in [-0.05, 0) is 12.5 Å². The van der Waals surface area contributed by atoms with E-state index in [9.17, 15) is 9.59 Å². The number of amides is 1. The van der Waals surface area contributed by atoms with Gasteiger partial charge in [-0.25, -0.2) is 9.78 Å². The lowest BCUT2D eigenvalue weighted by Crippen LogP contribution is -2.35. The van der Waals surface area contributed by atoms with Crippen LogP contribution >= 0.6 is 11.3 Å². The molecule has 7 nitrogen and oxygen atoms in total. The Hall–Kier alpha value is -2.19. The normalized spacial score (nSPS) is 12.0. The summed E-state index contributed by atoms with van der Waals surface area (Å²) in [6, 6.07) is 1.12. The van der Waals surface area contributed by atoms with Crippen molar-refractivity contribution in [2.24, 2.45) is 5.73 Å². The van der Waals surface area contributed by atoms with Crippen molar-refractivity contribution in [2.45, 2.75) is 25.8 Å². The van der Waals surface area contributed by atoms with Crippen LogP contribution in [0.5, 0.6) is 0 Å². The van der Waals surface area contributed by atoms with E-state index in [0.717, 1.165) is 12.0 Å². The number of rotatable bonds is 6. The maximum Gasteiger partial charge on any atom is 0.354 e. The van der Waals surface area contributed by atoms with E-state index in [0.29, 0.717) is 22.9 Å². The lowest BCUT2D eigenvalue weighted by Gasteiger charge is -2.08. The number of anilines is 1. The number of aromatic amines is 1. The highest BCUT2D eigenvalue weighted by atomic mass is 32.1. The van der Waals surface area contributed by atoms with Crippen LogP contribution in [0, 0.1) is 0 Å². The third-order valence-corrected chi connectivity index (χ3v) is 3.81. The minimum atomic E-state index is -0.532. The number of esters is 1. The fourth-order valence-electron chi connectivity index (χ4n) is 1.87. The first-order chi connectivity index (χ1) is 10.5. The summed E-state index contributed by atoms with van der Waals surface area (Å²) in [4.78, 5) is 30.4. The standard InChI is InChI=1S/C14H18N4O3S/c1-3-4-9(15)12(19)18-14-17-11(7-22-14)8-5-10(16-6-8)13(20)21-2/h5-7,9,16H,3-4,15H2,1-2H3,(H,17,18,19). The van der Waals surface area contributed by atoms with E-state index >= 15 is 0 Å². The summed E-state index contributed by atoms with van der Waals surface area (Å²) in [6.07, 6.45) is 3.14. The number of ether oxygens (including phenoxy) is 1. The van der Waals surface area contributed by atoms with E-state index in [1.807, 2.05) is 6.92 Å². The lowest BCUT2D eigenvalue weighted by atomic mass is 10.2. The Morgan fingerprint density at radius 3 is 3.00 bits per heavy atom. The number of nitrogens with zero attached hydrogens (tertiary/aromatic N) is 1. The largest absolute Gasteiger partial charge is 0.464 e. The van der Waals surface area contributed by atoms with Gasteiger partial charge >= 0.3 is 5.97 Å². The second-order valence-corrected chi connectivity index (χ2v) is 5.57. The van der Waals surface area contributed by atoms with Crippen molar-refractivity contribution in [1.29, 1.82) is 0 Å². The molecule has 2 aromatic heterocycles. The maximum atomic E-state index is 11.8. The Bertz CT molecular complexity index is 665. The first-order valence-electron chi connectivity index (χ1n) is 6.84. The van der Waals surface area contributed by atoms with Crippen molar-refractivity contribution in [2.75, 3.05) is 12.4 Å². The molecule has 0 fully saturated rings. The predicted octanol–water partition coefficient (Wildman–Crippen LogP) is 1.99. The summed E-state index contributed by atoms with van der Waals surface area (Å²) in [5.41, 5.74) is 7.51. The van der Waals surface area contributed by atoms with Gasteiger partial charge in [-0.15, -0.1) is 11.3 Å². The zero-order valence-corrected chi connectivity index (χ0v) is 13.2. The molecule has 2 aromatic rings. The summed E-state index contributed by atoms with van der Waals surface area (Å²) in [7, 11) is 1.32. The minimum Gasteiger partial charge on any atom is -0.464 e. The van der Waals surface area contributed by atoms with Gasteiger partial charge in [-0.3, -0.25) is 4.79 Å².